The Kier molecular flexibility index (Phi) is 6.70. The van der Waals surface area contributed by atoms with Gasteiger partial charge in [0.05, 0.1) is 5.75 Å². The lowest BCUT2D eigenvalue weighted by atomic mass is 10.2. The highest BCUT2D eigenvalue weighted by Crippen LogP contribution is 2.21. The number of thioether (sulfide) groups is 1. The van der Waals surface area contributed by atoms with Crippen LogP contribution in [0.25, 0.3) is 0 Å². The van der Waals surface area contributed by atoms with Gasteiger partial charge in [-0.1, -0.05) is 35.9 Å². The predicted molar refractivity (Wildman–Crippen MR) is 116 cm³/mol. The average molecular weight is 391 g/mol. The minimum absolute atomic E-state index is 0.0571. The number of carbonyl (C=O) groups is 2. The molecule has 0 fully saturated rings. The third-order valence-corrected chi connectivity index (χ3v) is 4.86. The zero-order chi connectivity index (χ0) is 19.8. The molecule has 0 unspecified atom stereocenters. The van der Waals surface area contributed by atoms with E-state index in [9.17, 15) is 9.59 Å². The third-order valence-electron chi connectivity index (χ3n) is 3.85. The Labute approximate surface area is 168 Å². The Morgan fingerprint density at radius 1 is 0.714 bits per heavy atom. The summed E-state index contributed by atoms with van der Waals surface area (Å²) in [5, 5.41) is 8.42. The van der Waals surface area contributed by atoms with E-state index < -0.39 is 0 Å². The van der Waals surface area contributed by atoms with E-state index in [0.717, 1.165) is 21.8 Å². The van der Waals surface area contributed by atoms with Gasteiger partial charge in [0, 0.05) is 22.0 Å². The zero-order valence-electron chi connectivity index (χ0n) is 15.4. The van der Waals surface area contributed by atoms with Crippen molar-refractivity contribution in [2.24, 2.45) is 0 Å². The van der Waals surface area contributed by atoms with Crippen LogP contribution in [0.2, 0.25) is 0 Å². The topological polar surface area (TPSA) is 70.2 Å². The summed E-state index contributed by atoms with van der Waals surface area (Å²) in [6.07, 6.45) is 0. The van der Waals surface area contributed by atoms with Gasteiger partial charge < -0.3 is 16.0 Å². The Bertz CT molecular complexity index is 926. The number of para-hydroxylation sites is 1. The highest BCUT2D eigenvalue weighted by atomic mass is 32.2. The number of benzene rings is 3. The number of carbonyl (C=O) groups excluding carboxylic acids is 2. The molecule has 0 aromatic heterocycles. The lowest BCUT2D eigenvalue weighted by Crippen LogP contribution is -2.19. The van der Waals surface area contributed by atoms with Crippen molar-refractivity contribution in [2.45, 2.75) is 11.8 Å². The predicted octanol–water partition coefficient (Wildman–Crippen LogP) is 5.37. The van der Waals surface area contributed by atoms with Crippen LogP contribution in [0.15, 0.2) is 83.8 Å². The van der Waals surface area contributed by atoms with Gasteiger partial charge in [0.25, 0.3) is 0 Å². The van der Waals surface area contributed by atoms with Crippen molar-refractivity contribution >= 4 is 40.8 Å². The minimum atomic E-state index is -0.302. The highest BCUT2D eigenvalue weighted by molar-refractivity contribution is 8.00. The Morgan fingerprint density at radius 2 is 1.25 bits per heavy atom. The van der Waals surface area contributed by atoms with E-state index >= 15 is 0 Å². The molecule has 0 saturated carbocycles. The molecule has 3 aromatic rings. The van der Waals surface area contributed by atoms with Crippen LogP contribution >= 0.6 is 11.8 Å². The number of hydrogen-bond acceptors (Lipinski definition) is 3. The van der Waals surface area contributed by atoms with Crippen LogP contribution in [-0.4, -0.2) is 17.7 Å². The first-order valence-corrected chi connectivity index (χ1v) is 9.79. The molecule has 0 aliphatic rings. The van der Waals surface area contributed by atoms with E-state index in [0.29, 0.717) is 11.4 Å². The van der Waals surface area contributed by atoms with Crippen LogP contribution in [0.4, 0.5) is 21.9 Å². The molecule has 0 radical (unpaired) electrons. The normalized spacial score (nSPS) is 10.2. The number of rotatable bonds is 6. The molecule has 0 saturated heterocycles. The van der Waals surface area contributed by atoms with E-state index in [-0.39, 0.29) is 11.9 Å². The average Bonchev–Trinajstić information content (AvgIpc) is 2.70. The van der Waals surface area contributed by atoms with Crippen molar-refractivity contribution in [2.75, 3.05) is 21.7 Å². The fraction of sp³-hybridized carbons (Fsp3) is 0.0909. The molecule has 0 bridgehead atoms. The van der Waals surface area contributed by atoms with Crippen LogP contribution < -0.4 is 16.0 Å². The molecule has 5 nitrogen and oxygen atoms in total. The van der Waals surface area contributed by atoms with Gasteiger partial charge in [0.2, 0.25) is 5.91 Å². The summed E-state index contributed by atoms with van der Waals surface area (Å²) < 4.78 is 0. The van der Waals surface area contributed by atoms with Gasteiger partial charge in [-0.2, -0.15) is 0 Å². The minimum Gasteiger partial charge on any atom is -0.325 e. The van der Waals surface area contributed by atoms with Crippen LogP contribution in [0, 0.1) is 6.92 Å². The molecular formula is C22H21N3O2S. The fourth-order valence-corrected chi connectivity index (χ4v) is 3.13. The zero-order valence-corrected chi connectivity index (χ0v) is 16.3. The van der Waals surface area contributed by atoms with Gasteiger partial charge in [-0.3, -0.25) is 4.79 Å². The number of urea groups is 1. The summed E-state index contributed by atoms with van der Waals surface area (Å²) >= 11 is 1.44. The molecule has 142 valence electrons. The molecule has 6 heteroatoms. The Balaban J connectivity index is 1.45. The molecule has 0 spiro atoms. The molecule has 3 amide bonds. The fourth-order valence-electron chi connectivity index (χ4n) is 2.43. The first kappa shape index (κ1) is 19.5. The molecule has 0 atom stereocenters. The monoisotopic (exact) mass is 391 g/mol. The maximum absolute atomic E-state index is 12.1. The summed E-state index contributed by atoms with van der Waals surface area (Å²) in [6, 6.07) is 24.0. The highest BCUT2D eigenvalue weighted by Gasteiger charge is 2.05. The maximum Gasteiger partial charge on any atom is 0.323 e. The first-order chi connectivity index (χ1) is 13.6. The molecule has 0 heterocycles. The smallest absolute Gasteiger partial charge is 0.323 e. The summed E-state index contributed by atoms with van der Waals surface area (Å²) in [4.78, 5) is 25.0. The van der Waals surface area contributed by atoms with Crippen molar-refractivity contribution < 1.29 is 9.59 Å². The SMILES string of the molecule is Cc1ccc(NC(=O)CSc2ccc(NC(=O)Nc3ccccc3)cc2)cc1. The summed E-state index contributed by atoms with van der Waals surface area (Å²) in [7, 11) is 0. The van der Waals surface area contributed by atoms with Crippen LogP contribution in [0.3, 0.4) is 0 Å². The summed E-state index contributed by atoms with van der Waals surface area (Å²) in [6.45, 7) is 2.01. The van der Waals surface area contributed by atoms with Crippen molar-refractivity contribution in [3.05, 3.63) is 84.4 Å². The maximum atomic E-state index is 12.1. The third kappa shape index (κ3) is 6.17. The van der Waals surface area contributed by atoms with Gasteiger partial charge >= 0.3 is 6.03 Å². The summed E-state index contributed by atoms with van der Waals surface area (Å²) in [5.74, 6) is 0.257. The number of amides is 3. The van der Waals surface area contributed by atoms with Crippen molar-refractivity contribution in [3.8, 4) is 0 Å². The second-order valence-corrected chi connectivity index (χ2v) is 7.22. The van der Waals surface area contributed by atoms with Crippen LogP contribution in [-0.2, 0) is 4.79 Å². The molecule has 28 heavy (non-hydrogen) atoms. The van der Waals surface area contributed by atoms with Gasteiger partial charge in [-0.15, -0.1) is 11.8 Å². The number of nitrogens with one attached hydrogen (secondary N) is 3. The largest absolute Gasteiger partial charge is 0.325 e. The standard InChI is InChI=1S/C22H21N3O2S/c1-16-7-9-18(10-8-16)23-21(26)15-28-20-13-11-19(12-14-20)25-22(27)24-17-5-3-2-4-6-17/h2-14H,15H2,1H3,(H,23,26)(H2,24,25,27). The van der Waals surface area contributed by atoms with Crippen LogP contribution in [0.1, 0.15) is 5.56 Å². The van der Waals surface area contributed by atoms with E-state index in [1.54, 1.807) is 0 Å². The van der Waals surface area contributed by atoms with E-state index in [4.69, 9.17) is 0 Å². The van der Waals surface area contributed by atoms with Gasteiger partial charge in [0.1, 0.15) is 0 Å². The quantitative estimate of drug-likeness (QED) is 0.495. The summed E-state index contributed by atoms with van der Waals surface area (Å²) in [5.41, 5.74) is 3.35. The second kappa shape index (κ2) is 9.62. The van der Waals surface area contributed by atoms with Gasteiger partial charge in [-0.25, -0.2) is 4.79 Å². The van der Waals surface area contributed by atoms with E-state index in [1.165, 1.54) is 11.8 Å². The number of hydrogen-bond donors (Lipinski definition) is 3. The molecule has 3 aromatic carbocycles. The van der Waals surface area contributed by atoms with Gasteiger partial charge in [-0.05, 0) is 55.5 Å². The van der Waals surface area contributed by atoms with Crippen molar-refractivity contribution in [1.82, 2.24) is 0 Å². The number of aryl methyl sites for hydroxylation is 1. The van der Waals surface area contributed by atoms with Gasteiger partial charge in [0.15, 0.2) is 0 Å². The Hall–Kier alpha value is -3.25. The van der Waals surface area contributed by atoms with Crippen molar-refractivity contribution in [3.63, 3.8) is 0 Å². The molecule has 0 aliphatic heterocycles. The molecule has 0 aliphatic carbocycles. The van der Waals surface area contributed by atoms with E-state index in [1.807, 2.05) is 85.8 Å². The van der Waals surface area contributed by atoms with Crippen molar-refractivity contribution in [1.29, 1.82) is 0 Å². The second-order valence-electron chi connectivity index (χ2n) is 6.17. The lowest BCUT2D eigenvalue weighted by Gasteiger charge is -2.08. The Morgan fingerprint density at radius 3 is 1.89 bits per heavy atom. The number of anilines is 3. The van der Waals surface area contributed by atoms with E-state index in [2.05, 4.69) is 16.0 Å². The van der Waals surface area contributed by atoms with Crippen LogP contribution in [0.5, 0.6) is 0 Å². The first-order valence-electron chi connectivity index (χ1n) is 8.81. The molecule has 3 N–H and O–H groups in total. The molecular weight excluding hydrogens is 370 g/mol. The molecule has 3 rings (SSSR count). The lowest BCUT2D eigenvalue weighted by molar-refractivity contribution is -0.113.